The van der Waals surface area contributed by atoms with E-state index >= 15 is 0 Å². The van der Waals surface area contributed by atoms with Gasteiger partial charge in [-0.2, -0.15) is 0 Å². The molecule has 116 valence electrons. The van der Waals surface area contributed by atoms with Crippen LogP contribution in [0.5, 0.6) is 0 Å². The molecule has 3 heteroatoms. The Kier molecular flexibility index (Phi) is 4.60. The minimum Gasteiger partial charge on any atom is -0.372 e. The van der Waals surface area contributed by atoms with Crippen molar-refractivity contribution in [1.29, 1.82) is 0 Å². The van der Waals surface area contributed by atoms with E-state index in [1.54, 1.807) is 0 Å². The molecule has 1 N–H and O–H groups in total. The van der Waals surface area contributed by atoms with Gasteiger partial charge in [-0.05, 0) is 55.4 Å². The molecule has 0 aromatic heterocycles. The van der Waals surface area contributed by atoms with Crippen molar-refractivity contribution in [1.82, 2.24) is 0 Å². The molecule has 1 aromatic rings. The number of hydrogen-bond acceptors (Lipinski definition) is 2. The summed E-state index contributed by atoms with van der Waals surface area (Å²) in [4.78, 5) is 14.8. The number of anilines is 2. The van der Waals surface area contributed by atoms with Gasteiger partial charge in [0.2, 0.25) is 5.91 Å². The van der Waals surface area contributed by atoms with Gasteiger partial charge in [-0.1, -0.05) is 27.7 Å². The molecule has 0 fully saturated rings. The van der Waals surface area contributed by atoms with E-state index in [1.807, 2.05) is 4.90 Å². The van der Waals surface area contributed by atoms with Gasteiger partial charge in [0.15, 0.2) is 0 Å². The second-order valence-electron chi connectivity index (χ2n) is 6.99. The molecule has 2 rings (SSSR count). The van der Waals surface area contributed by atoms with Crippen LogP contribution in [-0.2, 0) is 4.79 Å². The average molecular weight is 288 g/mol. The number of fused-ring (bicyclic) bond motifs is 1. The molecule has 1 aromatic carbocycles. The summed E-state index contributed by atoms with van der Waals surface area (Å²) in [5.74, 6) is 1.09. The summed E-state index contributed by atoms with van der Waals surface area (Å²) in [6.45, 7) is 13.6. The first kappa shape index (κ1) is 15.9. The fourth-order valence-corrected chi connectivity index (χ4v) is 2.73. The van der Waals surface area contributed by atoms with Crippen LogP contribution in [0.25, 0.3) is 0 Å². The molecule has 0 bridgehead atoms. The fraction of sp³-hybridized carbons (Fsp3) is 0.611. The Labute approximate surface area is 128 Å². The lowest BCUT2D eigenvalue weighted by Crippen LogP contribution is -2.50. The van der Waals surface area contributed by atoms with Crippen LogP contribution in [0.15, 0.2) is 12.1 Å². The minimum absolute atomic E-state index is 0.119. The summed E-state index contributed by atoms with van der Waals surface area (Å²) in [6, 6.07) is 4.20. The number of nitrogens with one attached hydrogen (secondary N) is 1. The quantitative estimate of drug-likeness (QED) is 0.903. The molecule has 21 heavy (non-hydrogen) atoms. The van der Waals surface area contributed by atoms with Gasteiger partial charge < -0.3 is 10.2 Å². The van der Waals surface area contributed by atoms with E-state index in [-0.39, 0.29) is 17.9 Å². The third-order valence-corrected chi connectivity index (χ3v) is 4.34. The van der Waals surface area contributed by atoms with Crippen molar-refractivity contribution in [2.75, 3.05) is 16.8 Å². The van der Waals surface area contributed by atoms with Gasteiger partial charge in [0, 0.05) is 6.54 Å². The van der Waals surface area contributed by atoms with E-state index in [0.29, 0.717) is 5.92 Å². The third-order valence-electron chi connectivity index (χ3n) is 4.34. The lowest BCUT2D eigenvalue weighted by Gasteiger charge is -2.38. The van der Waals surface area contributed by atoms with Gasteiger partial charge in [0.05, 0.1) is 11.4 Å². The summed E-state index contributed by atoms with van der Waals surface area (Å²) < 4.78 is 0. The zero-order chi connectivity index (χ0) is 15.7. The molecule has 1 heterocycles. The summed E-state index contributed by atoms with van der Waals surface area (Å²) >= 11 is 0. The molecule has 0 spiro atoms. The molecule has 1 unspecified atom stereocenters. The van der Waals surface area contributed by atoms with E-state index < -0.39 is 0 Å². The zero-order valence-corrected chi connectivity index (χ0v) is 14.2. The van der Waals surface area contributed by atoms with Crippen LogP contribution in [0.4, 0.5) is 11.4 Å². The molecule has 1 amide bonds. The monoisotopic (exact) mass is 288 g/mol. The van der Waals surface area contributed by atoms with E-state index in [0.717, 1.165) is 24.3 Å². The van der Waals surface area contributed by atoms with Crippen molar-refractivity contribution in [3.63, 3.8) is 0 Å². The Balaban J connectivity index is 2.41. The number of amides is 1. The Hall–Kier alpha value is -1.51. The normalized spacial score (nSPS) is 18.2. The van der Waals surface area contributed by atoms with E-state index in [2.05, 4.69) is 59.0 Å². The van der Waals surface area contributed by atoms with Crippen LogP contribution in [0.3, 0.4) is 0 Å². The van der Waals surface area contributed by atoms with Crippen LogP contribution < -0.4 is 10.2 Å². The molecule has 3 nitrogen and oxygen atoms in total. The lowest BCUT2D eigenvalue weighted by molar-refractivity contribution is -0.120. The van der Waals surface area contributed by atoms with Gasteiger partial charge >= 0.3 is 0 Å². The molecular formula is C18H28N2O. The van der Waals surface area contributed by atoms with Gasteiger partial charge in [-0.25, -0.2) is 0 Å². The van der Waals surface area contributed by atoms with E-state index in [4.69, 9.17) is 0 Å². The van der Waals surface area contributed by atoms with Gasteiger partial charge in [0.1, 0.15) is 6.04 Å². The van der Waals surface area contributed by atoms with Crippen molar-refractivity contribution in [3.8, 4) is 0 Å². The van der Waals surface area contributed by atoms with Crippen molar-refractivity contribution in [3.05, 3.63) is 23.3 Å². The second-order valence-corrected chi connectivity index (χ2v) is 6.99. The Morgan fingerprint density at radius 1 is 1.14 bits per heavy atom. The predicted octanol–water partition coefficient (Wildman–Crippen LogP) is 4.13. The highest BCUT2D eigenvalue weighted by atomic mass is 16.2. The van der Waals surface area contributed by atoms with Crippen LogP contribution in [-0.4, -0.2) is 18.5 Å². The maximum Gasteiger partial charge on any atom is 0.249 e. The van der Waals surface area contributed by atoms with Crippen LogP contribution in [0.2, 0.25) is 0 Å². The standard InChI is InChI=1S/C18H28N2O/c1-11(2)7-8-20-16-10-14(6)13(5)9-15(16)19-17(12(3)4)18(20)21/h9-12,17,19H,7-8H2,1-6H3. The lowest BCUT2D eigenvalue weighted by atomic mass is 9.96. The minimum atomic E-state index is -0.119. The molecule has 0 radical (unpaired) electrons. The highest BCUT2D eigenvalue weighted by Crippen LogP contribution is 2.35. The molecule has 1 aliphatic rings. The summed E-state index contributed by atoms with van der Waals surface area (Å²) in [5, 5.41) is 3.44. The molecule has 0 aliphatic carbocycles. The zero-order valence-electron chi connectivity index (χ0n) is 14.2. The smallest absolute Gasteiger partial charge is 0.249 e. The van der Waals surface area contributed by atoms with E-state index in [9.17, 15) is 4.79 Å². The van der Waals surface area contributed by atoms with Gasteiger partial charge in [-0.3, -0.25) is 4.79 Å². The first-order chi connectivity index (χ1) is 9.81. The summed E-state index contributed by atoms with van der Waals surface area (Å²) in [6.07, 6.45) is 1.03. The molecular weight excluding hydrogens is 260 g/mol. The van der Waals surface area contributed by atoms with E-state index in [1.165, 1.54) is 11.1 Å². The number of rotatable bonds is 4. The number of benzene rings is 1. The van der Waals surface area contributed by atoms with Gasteiger partial charge in [0.25, 0.3) is 0 Å². The van der Waals surface area contributed by atoms with Gasteiger partial charge in [-0.15, -0.1) is 0 Å². The third kappa shape index (κ3) is 3.22. The largest absolute Gasteiger partial charge is 0.372 e. The van der Waals surface area contributed by atoms with Crippen molar-refractivity contribution in [2.45, 2.75) is 54.0 Å². The summed E-state index contributed by atoms with van der Waals surface area (Å²) in [7, 11) is 0. The molecule has 1 atom stereocenters. The second kappa shape index (κ2) is 6.08. The number of hydrogen-bond donors (Lipinski definition) is 1. The SMILES string of the molecule is Cc1cc2c(cc1C)N(CCC(C)C)C(=O)C(C(C)C)N2. The number of carbonyl (C=O) groups excluding carboxylic acids is 1. The maximum atomic E-state index is 12.8. The van der Waals surface area contributed by atoms with Crippen molar-refractivity contribution >= 4 is 17.3 Å². The Bertz CT molecular complexity index is 534. The topological polar surface area (TPSA) is 32.3 Å². The first-order valence-corrected chi connectivity index (χ1v) is 8.00. The number of aryl methyl sites for hydroxylation is 2. The summed E-state index contributed by atoms with van der Waals surface area (Å²) in [5.41, 5.74) is 4.64. The van der Waals surface area contributed by atoms with Crippen LogP contribution in [0.1, 0.15) is 45.2 Å². The predicted molar refractivity (Wildman–Crippen MR) is 90.0 cm³/mol. The molecule has 0 saturated heterocycles. The molecule has 0 saturated carbocycles. The Morgan fingerprint density at radius 2 is 1.76 bits per heavy atom. The van der Waals surface area contributed by atoms with Crippen LogP contribution >= 0.6 is 0 Å². The van der Waals surface area contributed by atoms with Crippen molar-refractivity contribution < 1.29 is 4.79 Å². The van der Waals surface area contributed by atoms with Crippen molar-refractivity contribution in [2.24, 2.45) is 11.8 Å². The maximum absolute atomic E-state index is 12.8. The molecule has 1 aliphatic heterocycles. The Morgan fingerprint density at radius 3 is 2.33 bits per heavy atom. The number of carbonyl (C=O) groups is 1. The fourth-order valence-electron chi connectivity index (χ4n) is 2.73. The first-order valence-electron chi connectivity index (χ1n) is 8.00. The van der Waals surface area contributed by atoms with Crippen LogP contribution in [0, 0.1) is 25.7 Å². The highest BCUT2D eigenvalue weighted by molar-refractivity contribution is 6.05. The number of nitrogens with zero attached hydrogens (tertiary/aromatic N) is 1. The average Bonchev–Trinajstić information content (AvgIpc) is 2.39. The highest BCUT2D eigenvalue weighted by Gasteiger charge is 2.34.